The van der Waals surface area contributed by atoms with E-state index in [1.54, 1.807) is 24.3 Å². The van der Waals surface area contributed by atoms with Crippen molar-refractivity contribution in [3.63, 3.8) is 0 Å². The molecule has 9 heteroatoms. The number of methoxy groups -OCH3 is 1. The van der Waals surface area contributed by atoms with Crippen molar-refractivity contribution < 1.29 is 22.4 Å². The molecule has 152 valence electrons. The van der Waals surface area contributed by atoms with Gasteiger partial charge in [-0.25, -0.2) is 8.42 Å². The van der Waals surface area contributed by atoms with Gasteiger partial charge in [-0.1, -0.05) is 48.4 Å². The number of nitrogens with one attached hydrogen (secondary N) is 1. The Morgan fingerprint density at radius 1 is 1.14 bits per heavy atom. The Balaban J connectivity index is 1.90. The van der Waals surface area contributed by atoms with Crippen LogP contribution in [0.2, 0.25) is 0 Å². The number of nitrogens with zero attached hydrogens (tertiary/aromatic N) is 2. The van der Waals surface area contributed by atoms with Crippen molar-refractivity contribution in [2.24, 2.45) is 0 Å². The molecule has 3 rings (SSSR count). The van der Waals surface area contributed by atoms with Crippen molar-refractivity contribution in [2.75, 3.05) is 12.9 Å². The summed E-state index contributed by atoms with van der Waals surface area (Å²) in [7, 11) is -2.13. The normalized spacial score (nSPS) is 12.3. The monoisotopic (exact) mass is 415 g/mol. The van der Waals surface area contributed by atoms with Gasteiger partial charge in [0.1, 0.15) is 11.8 Å². The lowest BCUT2D eigenvalue weighted by Gasteiger charge is -2.16. The maximum atomic E-state index is 12.8. The maximum Gasteiger partial charge on any atom is 0.335 e. The van der Waals surface area contributed by atoms with Crippen molar-refractivity contribution in [3.05, 3.63) is 71.6 Å². The molecule has 1 atom stereocenters. The van der Waals surface area contributed by atoms with Gasteiger partial charge in [0.15, 0.2) is 0 Å². The van der Waals surface area contributed by atoms with E-state index < -0.39 is 21.1 Å². The molecule has 0 fully saturated rings. The van der Waals surface area contributed by atoms with Gasteiger partial charge in [0.2, 0.25) is 15.7 Å². The molecule has 0 saturated carbocycles. The average molecular weight is 415 g/mol. The van der Waals surface area contributed by atoms with Crippen LogP contribution in [0.3, 0.4) is 0 Å². The number of benzene rings is 2. The third-order valence-electron chi connectivity index (χ3n) is 4.29. The lowest BCUT2D eigenvalue weighted by Crippen LogP contribution is -2.30. The van der Waals surface area contributed by atoms with Gasteiger partial charge in [0, 0.05) is 12.0 Å². The Kier molecular flexibility index (Phi) is 6.28. The molecule has 0 bridgehead atoms. The third-order valence-corrected chi connectivity index (χ3v) is 5.74. The predicted octanol–water partition coefficient (Wildman–Crippen LogP) is 2.59. The summed E-state index contributed by atoms with van der Waals surface area (Å²) in [5, 5.41) is 9.92. The topological polar surface area (TPSA) is 111 Å². The Hall–Kier alpha value is -3.20. The zero-order chi connectivity index (χ0) is 20.9. The van der Waals surface area contributed by atoms with Crippen molar-refractivity contribution in [1.29, 1.82) is 0 Å². The molecule has 29 heavy (non-hydrogen) atoms. The second-order valence-electron chi connectivity index (χ2n) is 6.26. The van der Waals surface area contributed by atoms with E-state index in [0.29, 0.717) is 17.7 Å². The number of sulfone groups is 1. The molecule has 0 spiro atoms. The van der Waals surface area contributed by atoms with Crippen LogP contribution in [0.1, 0.15) is 34.8 Å². The Labute approximate surface area is 168 Å². The summed E-state index contributed by atoms with van der Waals surface area (Å²) >= 11 is 0. The molecule has 8 nitrogen and oxygen atoms in total. The molecule has 0 radical (unpaired) electrons. The summed E-state index contributed by atoms with van der Waals surface area (Å²) in [5.41, 5.74) is 1.31. The van der Waals surface area contributed by atoms with Crippen molar-refractivity contribution in [1.82, 2.24) is 15.5 Å². The molecule has 1 amide bonds. The molecule has 3 aromatic rings. The molecule has 2 aromatic carbocycles. The first-order chi connectivity index (χ1) is 13.9. The van der Waals surface area contributed by atoms with E-state index in [9.17, 15) is 13.2 Å². The fourth-order valence-corrected chi connectivity index (χ4v) is 3.29. The van der Waals surface area contributed by atoms with E-state index >= 15 is 0 Å². The standard InChI is InChI=1S/C20H21N3O5S/c1-3-29(25,26)20-23-22-19(28-20)17(12-14-8-5-4-6-9-14)21-18(24)15-10-7-11-16(13-15)27-2/h4-11,13,17H,3,12H2,1-2H3,(H,21,24)/t17-/m0/s1. The molecular weight excluding hydrogens is 394 g/mol. The molecule has 0 unspecified atom stereocenters. The Morgan fingerprint density at radius 2 is 1.90 bits per heavy atom. The first kappa shape index (κ1) is 20.5. The number of ether oxygens (including phenoxy) is 1. The highest BCUT2D eigenvalue weighted by atomic mass is 32.2. The van der Waals surface area contributed by atoms with Crippen LogP contribution >= 0.6 is 0 Å². The summed E-state index contributed by atoms with van der Waals surface area (Å²) in [6.45, 7) is 1.49. The van der Waals surface area contributed by atoms with Crippen LogP contribution in [0.4, 0.5) is 0 Å². The van der Waals surface area contributed by atoms with Gasteiger partial charge in [-0.3, -0.25) is 4.79 Å². The maximum absolute atomic E-state index is 12.8. The molecule has 0 aliphatic heterocycles. The predicted molar refractivity (Wildman–Crippen MR) is 105 cm³/mol. The van der Waals surface area contributed by atoms with Crippen LogP contribution in [-0.4, -0.2) is 37.4 Å². The van der Waals surface area contributed by atoms with Crippen molar-refractivity contribution >= 4 is 15.7 Å². The highest BCUT2D eigenvalue weighted by Gasteiger charge is 2.26. The van der Waals surface area contributed by atoms with Gasteiger partial charge in [-0.2, -0.15) is 0 Å². The minimum Gasteiger partial charge on any atom is -0.497 e. The molecule has 1 heterocycles. The van der Waals surface area contributed by atoms with Crippen LogP contribution in [0.5, 0.6) is 5.75 Å². The number of rotatable bonds is 8. The van der Waals surface area contributed by atoms with Crippen LogP contribution in [-0.2, 0) is 16.3 Å². The van der Waals surface area contributed by atoms with Crippen molar-refractivity contribution in [2.45, 2.75) is 24.6 Å². The highest BCUT2D eigenvalue weighted by Crippen LogP contribution is 2.21. The van der Waals surface area contributed by atoms with Crippen molar-refractivity contribution in [3.8, 4) is 5.75 Å². The fourth-order valence-electron chi connectivity index (χ4n) is 2.67. The van der Waals surface area contributed by atoms with E-state index in [2.05, 4.69) is 15.5 Å². The summed E-state index contributed by atoms with van der Waals surface area (Å²) in [5.74, 6) is 0.0418. The average Bonchev–Trinajstić information content (AvgIpc) is 3.25. The van der Waals surface area contributed by atoms with Crippen LogP contribution < -0.4 is 10.1 Å². The number of carbonyl (C=O) groups is 1. The number of hydrogen-bond donors (Lipinski definition) is 1. The summed E-state index contributed by atoms with van der Waals surface area (Å²) in [6, 6.07) is 15.4. The summed E-state index contributed by atoms with van der Waals surface area (Å²) in [4.78, 5) is 12.8. The fraction of sp³-hybridized carbons (Fsp3) is 0.250. The van der Waals surface area contributed by atoms with Gasteiger partial charge < -0.3 is 14.5 Å². The zero-order valence-electron chi connectivity index (χ0n) is 16.0. The van der Waals surface area contributed by atoms with Gasteiger partial charge in [0.05, 0.1) is 12.9 Å². The molecule has 0 saturated heterocycles. The number of carbonyl (C=O) groups excluding carboxylic acids is 1. The smallest absolute Gasteiger partial charge is 0.335 e. The zero-order valence-corrected chi connectivity index (χ0v) is 16.8. The van der Waals surface area contributed by atoms with E-state index in [1.807, 2.05) is 30.3 Å². The SMILES string of the molecule is CCS(=O)(=O)c1nnc([C@H](Cc2ccccc2)NC(=O)c2cccc(OC)c2)o1. The van der Waals surface area contributed by atoms with E-state index in [4.69, 9.17) is 9.15 Å². The minimum absolute atomic E-state index is 0.0251. The lowest BCUT2D eigenvalue weighted by molar-refractivity contribution is 0.0928. The third kappa shape index (κ3) is 5.00. The largest absolute Gasteiger partial charge is 0.497 e. The summed E-state index contributed by atoms with van der Waals surface area (Å²) < 4.78 is 34.6. The van der Waals surface area contributed by atoms with Crippen LogP contribution in [0, 0.1) is 0 Å². The Morgan fingerprint density at radius 3 is 2.59 bits per heavy atom. The molecule has 1 aromatic heterocycles. The number of aromatic nitrogens is 2. The molecule has 0 aliphatic rings. The first-order valence-corrected chi connectivity index (χ1v) is 10.6. The summed E-state index contributed by atoms with van der Waals surface area (Å²) in [6.07, 6.45) is 0.352. The number of hydrogen-bond acceptors (Lipinski definition) is 7. The van der Waals surface area contributed by atoms with Gasteiger partial charge in [-0.05, 0) is 23.8 Å². The van der Waals surface area contributed by atoms with Gasteiger partial charge in [-0.15, -0.1) is 5.10 Å². The van der Waals surface area contributed by atoms with Gasteiger partial charge in [0.25, 0.3) is 5.91 Å². The number of amides is 1. The van der Waals surface area contributed by atoms with E-state index in [0.717, 1.165) is 5.56 Å². The Bertz CT molecular complexity index is 1080. The second kappa shape index (κ2) is 8.87. The second-order valence-corrected chi connectivity index (χ2v) is 8.41. The molecule has 1 N–H and O–H groups in total. The quantitative estimate of drug-likeness (QED) is 0.602. The van der Waals surface area contributed by atoms with Gasteiger partial charge >= 0.3 is 5.22 Å². The molecule has 0 aliphatic carbocycles. The molecular formula is C20H21N3O5S. The first-order valence-electron chi connectivity index (χ1n) is 8.98. The minimum atomic E-state index is -3.64. The van der Waals surface area contributed by atoms with Crippen LogP contribution in [0.25, 0.3) is 0 Å². The lowest BCUT2D eigenvalue weighted by atomic mass is 10.1. The van der Waals surface area contributed by atoms with Crippen LogP contribution in [0.15, 0.2) is 64.2 Å². The van der Waals surface area contributed by atoms with E-state index in [1.165, 1.54) is 14.0 Å². The van der Waals surface area contributed by atoms with E-state index in [-0.39, 0.29) is 17.6 Å². The highest BCUT2D eigenvalue weighted by molar-refractivity contribution is 7.91.